The molecular weight excluding hydrogens is 430 g/mol. The lowest BCUT2D eigenvalue weighted by Crippen LogP contribution is -2.17. The Labute approximate surface area is 187 Å². The van der Waals surface area contributed by atoms with Crippen molar-refractivity contribution >= 4 is 27.5 Å². The largest absolute Gasteiger partial charge is 0.497 e. The number of carbonyl (C=O) groups excluding carboxylic acids is 2. The van der Waals surface area contributed by atoms with Gasteiger partial charge in [-0.05, 0) is 61.9 Å². The maximum atomic E-state index is 12.7. The van der Waals surface area contributed by atoms with Crippen molar-refractivity contribution in [2.24, 2.45) is 0 Å². The number of benzene rings is 3. The molecule has 0 unspecified atom stereocenters. The zero-order valence-corrected chi connectivity index (χ0v) is 18.7. The molecule has 0 amide bonds. The Morgan fingerprint density at radius 2 is 1.66 bits per heavy atom. The molecule has 0 aliphatic carbocycles. The van der Waals surface area contributed by atoms with Gasteiger partial charge in [-0.15, -0.1) is 0 Å². The molecule has 0 aliphatic rings. The van der Waals surface area contributed by atoms with Gasteiger partial charge in [-0.3, -0.25) is 9.52 Å². The van der Waals surface area contributed by atoms with Crippen LogP contribution in [0.5, 0.6) is 5.75 Å². The minimum Gasteiger partial charge on any atom is -0.497 e. The van der Waals surface area contributed by atoms with E-state index in [1.165, 1.54) is 31.4 Å². The number of hydrogen-bond donors (Lipinski definition) is 1. The number of ketones is 1. The van der Waals surface area contributed by atoms with Gasteiger partial charge in [0.1, 0.15) is 5.75 Å². The average Bonchev–Trinajstić information content (AvgIpc) is 2.77. The molecule has 3 aromatic rings. The van der Waals surface area contributed by atoms with Gasteiger partial charge in [0.2, 0.25) is 5.78 Å². The Balaban J connectivity index is 1.70. The molecule has 0 bridgehead atoms. The van der Waals surface area contributed by atoms with Gasteiger partial charge in [-0.25, -0.2) is 13.2 Å². The van der Waals surface area contributed by atoms with Gasteiger partial charge in [-0.2, -0.15) is 0 Å². The fourth-order valence-corrected chi connectivity index (χ4v) is 4.19. The minimum atomic E-state index is -3.94. The summed E-state index contributed by atoms with van der Waals surface area (Å²) >= 11 is 0. The van der Waals surface area contributed by atoms with Gasteiger partial charge in [0.25, 0.3) is 10.0 Å². The van der Waals surface area contributed by atoms with Crippen LogP contribution in [0.2, 0.25) is 0 Å². The van der Waals surface area contributed by atoms with Crippen molar-refractivity contribution in [3.63, 3.8) is 0 Å². The van der Waals surface area contributed by atoms with E-state index in [9.17, 15) is 18.0 Å². The van der Waals surface area contributed by atoms with E-state index in [-0.39, 0.29) is 16.2 Å². The highest BCUT2D eigenvalue weighted by Gasteiger charge is 2.18. The Kier molecular flexibility index (Phi) is 6.95. The average molecular weight is 454 g/mol. The zero-order valence-electron chi connectivity index (χ0n) is 17.9. The van der Waals surface area contributed by atoms with Crippen LogP contribution in [0.25, 0.3) is 0 Å². The van der Waals surface area contributed by atoms with Crippen LogP contribution in [0.3, 0.4) is 0 Å². The van der Waals surface area contributed by atoms with Crippen molar-refractivity contribution in [1.82, 2.24) is 0 Å². The molecule has 32 heavy (non-hydrogen) atoms. The van der Waals surface area contributed by atoms with E-state index in [2.05, 4.69) is 4.72 Å². The van der Waals surface area contributed by atoms with Crippen molar-refractivity contribution in [1.29, 1.82) is 0 Å². The summed E-state index contributed by atoms with van der Waals surface area (Å²) in [6.45, 7) is 3.29. The summed E-state index contributed by atoms with van der Waals surface area (Å²) in [5.74, 6) is -0.529. The summed E-state index contributed by atoms with van der Waals surface area (Å²) in [4.78, 5) is 24.7. The Hall–Kier alpha value is -3.65. The molecule has 0 spiro atoms. The molecule has 0 atom stereocenters. The van der Waals surface area contributed by atoms with E-state index >= 15 is 0 Å². The first-order chi connectivity index (χ1) is 15.2. The fraction of sp³-hybridized carbons (Fsp3) is 0.167. The number of hydrogen-bond acceptors (Lipinski definition) is 6. The molecule has 0 fully saturated rings. The summed E-state index contributed by atoms with van der Waals surface area (Å²) in [6, 6.07) is 17.2. The highest BCUT2D eigenvalue weighted by molar-refractivity contribution is 7.92. The van der Waals surface area contributed by atoms with Crippen molar-refractivity contribution in [3.8, 4) is 5.75 Å². The first kappa shape index (κ1) is 23.0. The molecule has 1 N–H and O–H groups in total. The third kappa shape index (κ3) is 5.53. The Morgan fingerprint density at radius 3 is 2.31 bits per heavy atom. The molecule has 8 heteroatoms. The number of Topliss-reactive ketones (excluding diaryl/α,β-unsaturated/α-hetero) is 1. The number of carbonyl (C=O) groups is 2. The summed E-state index contributed by atoms with van der Waals surface area (Å²) in [5, 5.41) is 0. The SMILES string of the molecule is COc1ccc(NS(=O)(=O)c2cccc(C(=O)OCC(=O)c3ccc(C)cc3C)c2)cc1. The first-order valence-corrected chi connectivity index (χ1v) is 11.2. The lowest BCUT2D eigenvalue weighted by atomic mass is 10.0. The summed E-state index contributed by atoms with van der Waals surface area (Å²) in [6.07, 6.45) is 0. The van der Waals surface area contributed by atoms with Crippen LogP contribution >= 0.6 is 0 Å². The molecule has 0 radical (unpaired) electrons. The van der Waals surface area contributed by atoms with Gasteiger partial charge in [0.15, 0.2) is 6.61 Å². The maximum absolute atomic E-state index is 12.7. The number of nitrogens with one attached hydrogen (secondary N) is 1. The van der Waals surface area contributed by atoms with Crippen molar-refractivity contribution in [2.75, 3.05) is 18.4 Å². The number of sulfonamides is 1. The number of rotatable bonds is 8. The van der Waals surface area contributed by atoms with E-state index in [1.54, 1.807) is 30.3 Å². The van der Waals surface area contributed by atoms with Gasteiger partial charge in [-0.1, -0.05) is 29.8 Å². The van der Waals surface area contributed by atoms with Crippen LogP contribution in [0.1, 0.15) is 31.8 Å². The number of anilines is 1. The van der Waals surface area contributed by atoms with Gasteiger partial charge in [0, 0.05) is 11.3 Å². The number of ether oxygens (including phenoxy) is 2. The lowest BCUT2D eigenvalue weighted by Gasteiger charge is -2.10. The fourth-order valence-electron chi connectivity index (χ4n) is 3.08. The highest BCUT2D eigenvalue weighted by atomic mass is 32.2. The smallest absolute Gasteiger partial charge is 0.338 e. The summed E-state index contributed by atoms with van der Waals surface area (Å²) in [5.41, 5.74) is 2.67. The highest BCUT2D eigenvalue weighted by Crippen LogP contribution is 2.20. The van der Waals surface area contributed by atoms with Crippen LogP contribution in [-0.2, 0) is 14.8 Å². The quantitative estimate of drug-likeness (QED) is 0.406. The second-order valence-corrected chi connectivity index (χ2v) is 8.86. The third-order valence-corrected chi connectivity index (χ3v) is 6.12. The van der Waals surface area contributed by atoms with Gasteiger partial charge < -0.3 is 9.47 Å². The minimum absolute atomic E-state index is 0.0241. The van der Waals surface area contributed by atoms with Crippen LogP contribution in [0.15, 0.2) is 71.6 Å². The predicted molar refractivity (Wildman–Crippen MR) is 121 cm³/mol. The molecule has 0 saturated carbocycles. The lowest BCUT2D eigenvalue weighted by molar-refractivity contribution is 0.0474. The number of aryl methyl sites for hydroxylation is 2. The van der Waals surface area contributed by atoms with Crippen molar-refractivity contribution in [3.05, 3.63) is 89.0 Å². The molecule has 3 rings (SSSR count). The maximum Gasteiger partial charge on any atom is 0.338 e. The Bertz CT molecular complexity index is 1250. The molecule has 0 aliphatic heterocycles. The number of methoxy groups -OCH3 is 1. The molecule has 0 heterocycles. The van der Waals surface area contributed by atoms with Crippen LogP contribution in [0.4, 0.5) is 5.69 Å². The topological polar surface area (TPSA) is 98.8 Å². The van der Waals surface area contributed by atoms with E-state index in [1.807, 2.05) is 26.0 Å². The van der Waals surface area contributed by atoms with Crippen LogP contribution in [-0.4, -0.2) is 33.9 Å². The standard InChI is InChI=1S/C24H23NO6S/c1-16-7-12-22(17(2)13-16)23(26)15-31-24(27)18-5-4-6-21(14-18)32(28,29)25-19-8-10-20(30-3)11-9-19/h4-14,25H,15H2,1-3H3. The molecule has 0 saturated heterocycles. The monoisotopic (exact) mass is 453 g/mol. The first-order valence-electron chi connectivity index (χ1n) is 9.74. The van der Waals surface area contributed by atoms with Gasteiger partial charge in [0.05, 0.1) is 17.6 Å². The number of esters is 1. The molecule has 3 aromatic carbocycles. The summed E-state index contributed by atoms with van der Waals surface area (Å²) < 4.78 is 38.0. The second kappa shape index (κ2) is 9.65. The van der Waals surface area contributed by atoms with Crippen molar-refractivity contribution < 1.29 is 27.5 Å². The zero-order chi connectivity index (χ0) is 23.3. The molecule has 166 valence electrons. The second-order valence-electron chi connectivity index (χ2n) is 7.18. The van der Waals surface area contributed by atoms with Crippen LogP contribution < -0.4 is 9.46 Å². The van der Waals surface area contributed by atoms with E-state index in [4.69, 9.17) is 9.47 Å². The predicted octanol–water partition coefficient (Wildman–Crippen LogP) is 4.15. The Morgan fingerprint density at radius 1 is 0.938 bits per heavy atom. The summed E-state index contributed by atoms with van der Waals surface area (Å²) in [7, 11) is -2.43. The van der Waals surface area contributed by atoms with E-state index in [0.717, 1.165) is 11.1 Å². The van der Waals surface area contributed by atoms with E-state index < -0.39 is 22.6 Å². The third-order valence-electron chi connectivity index (χ3n) is 4.74. The van der Waals surface area contributed by atoms with Gasteiger partial charge >= 0.3 is 5.97 Å². The molecular formula is C24H23NO6S. The normalized spacial score (nSPS) is 11.0. The molecule has 7 nitrogen and oxygen atoms in total. The van der Waals surface area contributed by atoms with E-state index in [0.29, 0.717) is 17.0 Å². The van der Waals surface area contributed by atoms with Crippen LogP contribution in [0, 0.1) is 13.8 Å². The van der Waals surface area contributed by atoms with Crippen molar-refractivity contribution in [2.45, 2.75) is 18.7 Å². The molecule has 0 aromatic heterocycles.